The third kappa shape index (κ3) is 8.42. The summed E-state index contributed by atoms with van der Waals surface area (Å²) in [6, 6.07) is 10.3. The third-order valence-corrected chi connectivity index (χ3v) is 6.58. The second-order valence-electron chi connectivity index (χ2n) is 10.0. The Labute approximate surface area is 257 Å². The first-order valence-electron chi connectivity index (χ1n) is 13.7. The van der Waals surface area contributed by atoms with Crippen molar-refractivity contribution in [3.05, 3.63) is 135 Å². The average Bonchev–Trinajstić information content (AvgIpc) is 2.95. The van der Waals surface area contributed by atoms with Crippen LogP contribution in [0.1, 0.15) is 65.1 Å². The van der Waals surface area contributed by atoms with Gasteiger partial charge in [0.2, 0.25) is 0 Å². The molecule has 4 aromatic rings. The van der Waals surface area contributed by atoms with Gasteiger partial charge in [0.1, 0.15) is 46.0 Å². The number of ether oxygens (including phenoxy) is 1. The Bertz CT molecular complexity index is 1850. The van der Waals surface area contributed by atoms with Crippen LogP contribution in [-0.4, -0.2) is 0 Å². The molecule has 0 atom stereocenters. The molecule has 0 N–H and O–H groups in total. The molecule has 46 heavy (non-hydrogen) atoms. The zero-order valence-corrected chi connectivity index (χ0v) is 23.9. The monoisotopic (exact) mass is 648 g/mol. The summed E-state index contributed by atoms with van der Waals surface area (Å²) in [6.07, 6.45) is -6.21. The summed E-state index contributed by atoms with van der Waals surface area (Å²) in [5.41, 5.74) is -2.80. The maximum absolute atomic E-state index is 14.7. The lowest BCUT2D eigenvalue weighted by molar-refractivity contribution is -0.187. The van der Waals surface area contributed by atoms with Crippen molar-refractivity contribution in [3.63, 3.8) is 0 Å². The van der Waals surface area contributed by atoms with Gasteiger partial charge < -0.3 is 4.74 Å². The zero-order chi connectivity index (χ0) is 33.6. The van der Waals surface area contributed by atoms with Gasteiger partial charge in [-0.05, 0) is 66.9 Å². The van der Waals surface area contributed by atoms with E-state index in [4.69, 9.17) is 0 Å². The molecule has 0 spiro atoms. The molecule has 0 radical (unpaired) electrons. The first-order chi connectivity index (χ1) is 21.7. The highest BCUT2D eigenvalue weighted by atomic mass is 19.4. The number of aryl methyl sites for hydroxylation is 1. The highest BCUT2D eigenvalue weighted by molar-refractivity contribution is 5.49. The van der Waals surface area contributed by atoms with Crippen molar-refractivity contribution in [1.82, 2.24) is 0 Å². The molecule has 4 aromatic carbocycles. The molecule has 0 amide bonds. The van der Waals surface area contributed by atoms with E-state index in [9.17, 15) is 43.9 Å². The number of hydrogen-bond donors (Lipinski definition) is 0. The average molecular weight is 649 g/mol. The number of halogens is 10. The van der Waals surface area contributed by atoms with Gasteiger partial charge in [-0.3, -0.25) is 0 Å². The Morgan fingerprint density at radius 2 is 1.13 bits per heavy atom. The largest absolute Gasteiger partial charge is 0.429 e. The fraction of sp³-hybridized carbons (Fsp3) is 0.200. The van der Waals surface area contributed by atoms with Crippen LogP contribution in [0.15, 0.2) is 66.7 Å². The number of unbranched alkanes of at least 4 members (excludes halogenated alkanes) is 2. The van der Waals surface area contributed by atoms with Crippen LogP contribution in [-0.2, 0) is 18.7 Å². The second kappa shape index (κ2) is 14.0. The van der Waals surface area contributed by atoms with Gasteiger partial charge in [-0.25, -0.2) is 22.0 Å². The van der Waals surface area contributed by atoms with Crippen molar-refractivity contribution in [2.75, 3.05) is 0 Å². The fourth-order valence-corrected chi connectivity index (χ4v) is 4.28. The molecule has 0 aliphatic rings. The van der Waals surface area contributed by atoms with Crippen LogP contribution in [0, 0.1) is 52.8 Å². The van der Waals surface area contributed by atoms with E-state index in [1.54, 1.807) is 12.1 Å². The molecule has 0 aliphatic heterocycles. The first kappa shape index (κ1) is 34.0. The second-order valence-corrected chi connectivity index (χ2v) is 10.0. The highest BCUT2D eigenvalue weighted by Gasteiger charge is 2.41. The van der Waals surface area contributed by atoms with Crippen molar-refractivity contribution in [2.24, 2.45) is 0 Å². The highest BCUT2D eigenvalue weighted by Crippen LogP contribution is 2.38. The van der Waals surface area contributed by atoms with E-state index in [-0.39, 0.29) is 34.4 Å². The Morgan fingerprint density at radius 1 is 0.587 bits per heavy atom. The van der Waals surface area contributed by atoms with Crippen molar-refractivity contribution < 1.29 is 48.6 Å². The molecule has 0 bridgehead atoms. The van der Waals surface area contributed by atoms with E-state index < -0.39 is 58.2 Å². The summed E-state index contributed by atoms with van der Waals surface area (Å²) >= 11 is 0. The predicted octanol–water partition coefficient (Wildman–Crippen LogP) is 10.1. The van der Waals surface area contributed by atoms with Gasteiger partial charge in [-0.1, -0.05) is 49.5 Å². The van der Waals surface area contributed by atoms with Gasteiger partial charge in [0.15, 0.2) is 0 Å². The number of rotatable bonds is 7. The van der Waals surface area contributed by atoms with Crippen LogP contribution >= 0.6 is 0 Å². The van der Waals surface area contributed by atoms with Crippen molar-refractivity contribution >= 4 is 0 Å². The SMILES string of the molecule is CCCCCc1ccc(C#Cc2ccc(C#Cc3ccc(C(F)(F)Oc4cc(F)c(C(F)(F)F)c(F)c4)c(F)c3)c(F)c2)c(F)c1. The van der Waals surface area contributed by atoms with E-state index in [1.807, 2.05) is 0 Å². The molecule has 1 nitrogen and oxygen atoms in total. The van der Waals surface area contributed by atoms with Crippen molar-refractivity contribution in [3.8, 4) is 29.4 Å². The predicted molar refractivity (Wildman–Crippen MR) is 150 cm³/mol. The quantitative estimate of drug-likeness (QED) is 0.110. The molecule has 0 aromatic heterocycles. The Morgan fingerprint density at radius 3 is 1.65 bits per heavy atom. The van der Waals surface area contributed by atoms with E-state index in [0.717, 1.165) is 43.4 Å². The topological polar surface area (TPSA) is 9.23 Å². The van der Waals surface area contributed by atoms with Gasteiger partial charge >= 0.3 is 12.3 Å². The summed E-state index contributed by atoms with van der Waals surface area (Å²) in [7, 11) is 0. The van der Waals surface area contributed by atoms with Crippen LogP contribution in [0.25, 0.3) is 0 Å². The minimum atomic E-state index is -5.43. The van der Waals surface area contributed by atoms with E-state index >= 15 is 0 Å². The minimum absolute atomic E-state index is 0.103. The van der Waals surface area contributed by atoms with Crippen LogP contribution in [0.4, 0.5) is 43.9 Å². The summed E-state index contributed by atoms with van der Waals surface area (Å²) in [4.78, 5) is 0. The molecule has 0 fully saturated rings. The Balaban J connectivity index is 1.47. The lowest BCUT2D eigenvalue weighted by atomic mass is 10.0. The van der Waals surface area contributed by atoms with Gasteiger partial charge in [-0.2, -0.15) is 22.0 Å². The lowest BCUT2D eigenvalue weighted by Crippen LogP contribution is -2.24. The summed E-state index contributed by atoms with van der Waals surface area (Å²) < 4.78 is 143. The normalized spacial score (nSPS) is 11.4. The molecular weight excluding hydrogens is 626 g/mol. The summed E-state index contributed by atoms with van der Waals surface area (Å²) in [6.45, 7) is 2.07. The van der Waals surface area contributed by atoms with E-state index in [2.05, 4.69) is 35.3 Å². The smallest absolute Gasteiger partial charge is 0.429 e. The standard InChI is InChI=1S/C35H22F10O/c1-2-3-4-5-21-6-11-24(28(36)16-21)12-7-22-8-13-25(29(37)17-22)14-9-23-10-15-27(30(38)18-23)35(44,45)46-26-19-31(39)33(32(40)20-26)34(41,42)43/h6,8,10-11,13,15-20H,2-5H2,1H3. The maximum atomic E-state index is 14.7. The van der Waals surface area contributed by atoms with Gasteiger partial charge in [0, 0.05) is 23.3 Å². The number of alkyl halides is 5. The summed E-state index contributed by atoms with van der Waals surface area (Å²) in [5.74, 6) is 1.58. The Kier molecular flexibility index (Phi) is 10.4. The Hall–Kier alpha value is -4.90. The van der Waals surface area contributed by atoms with Crippen LogP contribution in [0.3, 0.4) is 0 Å². The van der Waals surface area contributed by atoms with Crippen LogP contribution in [0.2, 0.25) is 0 Å². The molecule has 4 rings (SSSR count). The zero-order valence-electron chi connectivity index (χ0n) is 23.9. The maximum Gasteiger partial charge on any atom is 0.429 e. The van der Waals surface area contributed by atoms with Gasteiger partial charge in [-0.15, -0.1) is 0 Å². The van der Waals surface area contributed by atoms with Crippen molar-refractivity contribution in [2.45, 2.75) is 44.9 Å². The molecular formula is C35H22F10O. The molecule has 0 aliphatic carbocycles. The number of hydrogen-bond acceptors (Lipinski definition) is 1. The van der Waals surface area contributed by atoms with E-state index in [1.165, 1.54) is 18.2 Å². The molecule has 0 unspecified atom stereocenters. The van der Waals surface area contributed by atoms with Crippen molar-refractivity contribution in [1.29, 1.82) is 0 Å². The van der Waals surface area contributed by atoms with E-state index in [0.29, 0.717) is 12.1 Å². The summed E-state index contributed by atoms with van der Waals surface area (Å²) in [5, 5.41) is 0. The molecule has 238 valence electrons. The molecule has 0 heterocycles. The third-order valence-electron chi connectivity index (χ3n) is 6.58. The molecule has 0 saturated heterocycles. The lowest BCUT2D eigenvalue weighted by Gasteiger charge is -2.20. The van der Waals surface area contributed by atoms with Crippen LogP contribution in [0.5, 0.6) is 5.75 Å². The molecule has 11 heteroatoms. The van der Waals surface area contributed by atoms with Gasteiger partial charge in [0.25, 0.3) is 0 Å². The van der Waals surface area contributed by atoms with Gasteiger partial charge in [0.05, 0.1) is 11.1 Å². The fourth-order valence-electron chi connectivity index (χ4n) is 4.28. The number of benzene rings is 4. The molecule has 0 saturated carbocycles. The first-order valence-corrected chi connectivity index (χ1v) is 13.7. The van der Waals surface area contributed by atoms with Crippen LogP contribution < -0.4 is 4.74 Å². The minimum Gasteiger partial charge on any atom is -0.429 e.